The quantitative estimate of drug-likeness (QED) is 0.523. The molecule has 3 nitrogen and oxygen atoms in total. The fourth-order valence-corrected chi connectivity index (χ4v) is 4.03. The van der Waals surface area contributed by atoms with Crippen molar-refractivity contribution < 1.29 is 9.53 Å². The van der Waals surface area contributed by atoms with E-state index >= 15 is 0 Å². The first kappa shape index (κ1) is 18.0. The van der Waals surface area contributed by atoms with Crippen LogP contribution in [0.1, 0.15) is 64.9 Å². The molecule has 3 heteroatoms. The molecule has 25 heavy (non-hydrogen) atoms. The van der Waals surface area contributed by atoms with Gasteiger partial charge in [0.05, 0.1) is 6.04 Å². The van der Waals surface area contributed by atoms with Gasteiger partial charge < -0.3 is 4.74 Å². The van der Waals surface area contributed by atoms with Crippen LogP contribution < -0.4 is 0 Å². The molecule has 136 valence electrons. The van der Waals surface area contributed by atoms with Gasteiger partial charge >= 0.3 is 6.09 Å². The number of rotatable bonds is 5. The summed E-state index contributed by atoms with van der Waals surface area (Å²) in [4.78, 5) is 14.5. The van der Waals surface area contributed by atoms with E-state index in [1.54, 1.807) is 5.57 Å². The van der Waals surface area contributed by atoms with Crippen LogP contribution in [0.25, 0.3) is 0 Å². The maximum atomic E-state index is 12.5. The predicted molar refractivity (Wildman–Crippen MR) is 102 cm³/mol. The van der Waals surface area contributed by atoms with Gasteiger partial charge in [0.2, 0.25) is 0 Å². The number of ether oxygens (including phenoxy) is 1. The number of aryl methyl sites for hydroxylation is 1. The third-order valence-corrected chi connectivity index (χ3v) is 5.13. The van der Waals surface area contributed by atoms with Crippen molar-refractivity contribution in [3.05, 3.63) is 47.5 Å². The van der Waals surface area contributed by atoms with E-state index in [2.05, 4.69) is 36.4 Å². The lowest BCUT2D eigenvalue weighted by Crippen LogP contribution is -2.45. The Morgan fingerprint density at radius 1 is 1.12 bits per heavy atom. The zero-order chi connectivity index (χ0) is 17.9. The van der Waals surface area contributed by atoms with Crippen LogP contribution in [0, 0.1) is 0 Å². The van der Waals surface area contributed by atoms with E-state index < -0.39 is 5.60 Å². The highest BCUT2D eigenvalue weighted by Gasteiger charge is 2.41. The lowest BCUT2D eigenvalue weighted by Gasteiger charge is -2.35. The molecule has 0 aliphatic carbocycles. The number of carbonyl (C=O) groups excluding carboxylic acids is 1. The second-order valence-corrected chi connectivity index (χ2v) is 8.41. The number of nitrogens with zero attached hydrogens (tertiary/aromatic N) is 1. The zero-order valence-corrected chi connectivity index (χ0v) is 15.8. The normalized spacial score (nSPS) is 22.7. The van der Waals surface area contributed by atoms with Crippen molar-refractivity contribution in [2.24, 2.45) is 0 Å². The van der Waals surface area contributed by atoms with E-state index in [0.717, 1.165) is 25.7 Å². The molecule has 1 saturated heterocycles. The molecule has 1 amide bonds. The summed E-state index contributed by atoms with van der Waals surface area (Å²) in [7, 11) is 0. The summed E-state index contributed by atoms with van der Waals surface area (Å²) in [6.07, 6.45) is 10.2. The van der Waals surface area contributed by atoms with Crippen molar-refractivity contribution in [2.45, 2.75) is 83.4 Å². The smallest absolute Gasteiger partial charge is 0.411 e. The fourth-order valence-electron chi connectivity index (χ4n) is 4.03. The topological polar surface area (TPSA) is 29.5 Å². The minimum absolute atomic E-state index is 0.139. The van der Waals surface area contributed by atoms with Crippen LogP contribution in [0.4, 0.5) is 4.79 Å². The first-order valence-electron chi connectivity index (χ1n) is 9.67. The molecule has 0 saturated carbocycles. The molecule has 1 aromatic rings. The number of benzene rings is 1. The Kier molecular flexibility index (Phi) is 5.51. The predicted octanol–water partition coefficient (Wildman–Crippen LogP) is 5.50. The van der Waals surface area contributed by atoms with E-state index in [4.69, 9.17) is 4.74 Å². The maximum Gasteiger partial charge on any atom is 0.411 e. The molecule has 2 aliphatic rings. The third kappa shape index (κ3) is 4.87. The molecule has 2 aliphatic heterocycles. The summed E-state index contributed by atoms with van der Waals surface area (Å²) in [6.45, 7) is 5.81. The number of amides is 1. The molecule has 0 N–H and O–H groups in total. The molecule has 1 aromatic carbocycles. The Balaban J connectivity index is 1.49. The molecule has 3 rings (SSSR count). The maximum absolute atomic E-state index is 12.5. The van der Waals surface area contributed by atoms with Gasteiger partial charge in [0.15, 0.2) is 0 Å². The summed E-state index contributed by atoms with van der Waals surface area (Å²) in [5.74, 6) is 0. The summed E-state index contributed by atoms with van der Waals surface area (Å²) < 4.78 is 5.60. The Bertz CT molecular complexity index is 615. The van der Waals surface area contributed by atoms with E-state index in [1.165, 1.54) is 24.8 Å². The molecule has 0 spiro atoms. The highest BCUT2D eigenvalue weighted by Crippen LogP contribution is 2.37. The van der Waals surface area contributed by atoms with Gasteiger partial charge in [-0.1, -0.05) is 42.0 Å². The second kappa shape index (κ2) is 7.63. The van der Waals surface area contributed by atoms with Gasteiger partial charge in [-0.05, 0) is 71.3 Å². The van der Waals surface area contributed by atoms with Gasteiger partial charge in [0.25, 0.3) is 0 Å². The van der Waals surface area contributed by atoms with Crippen molar-refractivity contribution in [2.75, 3.05) is 0 Å². The highest BCUT2D eigenvalue weighted by molar-refractivity contribution is 5.70. The molecule has 0 aromatic heterocycles. The molecule has 0 radical (unpaired) electrons. The monoisotopic (exact) mass is 341 g/mol. The largest absolute Gasteiger partial charge is 0.444 e. The van der Waals surface area contributed by atoms with Crippen LogP contribution in [0.5, 0.6) is 0 Å². The fraction of sp³-hybridized carbons (Fsp3) is 0.591. The van der Waals surface area contributed by atoms with Crippen molar-refractivity contribution in [3.8, 4) is 0 Å². The molecule has 2 unspecified atom stereocenters. The Labute approximate surface area is 152 Å². The molecule has 2 atom stereocenters. The Morgan fingerprint density at radius 2 is 1.84 bits per heavy atom. The Morgan fingerprint density at radius 3 is 2.52 bits per heavy atom. The van der Waals surface area contributed by atoms with Gasteiger partial charge in [0, 0.05) is 6.04 Å². The number of hydrogen-bond donors (Lipinski definition) is 0. The summed E-state index contributed by atoms with van der Waals surface area (Å²) >= 11 is 0. The van der Waals surface area contributed by atoms with Crippen LogP contribution in [-0.4, -0.2) is 28.7 Å². The van der Waals surface area contributed by atoms with Gasteiger partial charge in [-0.25, -0.2) is 4.79 Å². The number of fused-ring (bicyclic) bond motifs is 2. The highest BCUT2D eigenvalue weighted by atomic mass is 16.6. The molecule has 2 bridgehead atoms. The van der Waals surface area contributed by atoms with Crippen LogP contribution >= 0.6 is 0 Å². The third-order valence-electron chi connectivity index (χ3n) is 5.13. The average Bonchev–Trinajstić information content (AvgIpc) is 2.82. The van der Waals surface area contributed by atoms with Crippen LogP contribution in [0.15, 0.2) is 42.0 Å². The summed E-state index contributed by atoms with van der Waals surface area (Å²) in [6, 6.07) is 11.3. The van der Waals surface area contributed by atoms with E-state index in [0.29, 0.717) is 6.04 Å². The van der Waals surface area contributed by atoms with Crippen molar-refractivity contribution >= 4 is 6.09 Å². The minimum atomic E-state index is -0.419. The molecular formula is C22H31NO2. The van der Waals surface area contributed by atoms with Crippen molar-refractivity contribution in [1.29, 1.82) is 0 Å². The van der Waals surface area contributed by atoms with Gasteiger partial charge in [-0.15, -0.1) is 0 Å². The molecule has 1 fully saturated rings. The standard InChI is InChI=1S/C22H31NO2/c1-22(2,3)25-21(24)23-19-13-14-20(23)16-18(15-19)12-8-7-11-17-9-5-4-6-10-17/h4-6,9-10,15,19-20H,7-8,11-14,16H2,1-3H3. The van der Waals surface area contributed by atoms with Crippen molar-refractivity contribution in [3.63, 3.8) is 0 Å². The van der Waals surface area contributed by atoms with E-state index in [1.807, 2.05) is 25.7 Å². The van der Waals surface area contributed by atoms with Crippen LogP contribution in [-0.2, 0) is 11.2 Å². The van der Waals surface area contributed by atoms with E-state index in [-0.39, 0.29) is 12.1 Å². The first-order chi connectivity index (χ1) is 11.9. The summed E-state index contributed by atoms with van der Waals surface area (Å²) in [5.41, 5.74) is 2.55. The van der Waals surface area contributed by atoms with Crippen molar-refractivity contribution in [1.82, 2.24) is 4.90 Å². The minimum Gasteiger partial charge on any atom is -0.444 e. The van der Waals surface area contributed by atoms with Crippen LogP contribution in [0.2, 0.25) is 0 Å². The Hall–Kier alpha value is -1.77. The second-order valence-electron chi connectivity index (χ2n) is 8.41. The number of unbranched alkanes of at least 4 members (excludes halogenated alkanes) is 1. The van der Waals surface area contributed by atoms with Gasteiger partial charge in [-0.3, -0.25) is 4.90 Å². The molecule has 2 heterocycles. The van der Waals surface area contributed by atoms with Gasteiger partial charge in [-0.2, -0.15) is 0 Å². The summed E-state index contributed by atoms with van der Waals surface area (Å²) in [5, 5.41) is 0. The van der Waals surface area contributed by atoms with Crippen LogP contribution in [0.3, 0.4) is 0 Å². The number of hydrogen-bond acceptors (Lipinski definition) is 2. The number of carbonyl (C=O) groups is 1. The van der Waals surface area contributed by atoms with E-state index in [9.17, 15) is 4.79 Å². The lowest BCUT2D eigenvalue weighted by atomic mass is 9.96. The SMILES string of the molecule is CC(C)(C)OC(=O)N1C2C=C(CCCCc3ccccc3)CC1CC2. The molecular weight excluding hydrogens is 310 g/mol. The average molecular weight is 341 g/mol. The first-order valence-corrected chi connectivity index (χ1v) is 9.67. The van der Waals surface area contributed by atoms with Gasteiger partial charge in [0.1, 0.15) is 5.60 Å². The zero-order valence-electron chi connectivity index (χ0n) is 15.8. The lowest BCUT2D eigenvalue weighted by molar-refractivity contribution is 0.0166.